The maximum atomic E-state index is 13.0. The molecule has 0 amide bonds. The van der Waals surface area contributed by atoms with Gasteiger partial charge in [0.1, 0.15) is 11.4 Å². The Hall–Kier alpha value is -3.05. The molecule has 2 aliphatic rings. The fraction of sp³-hybridized carbons (Fsp3) is 0.167. The fourth-order valence-corrected chi connectivity index (χ4v) is 5.17. The second kappa shape index (κ2) is 5.97. The molecule has 0 spiro atoms. The molecule has 1 aliphatic heterocycles. The van der Waals surface area contributed by atoms with Gasteiger partial charge in [0.05, 0.1) is 10.6 Å². The minimum atomic E-state index is -3.71. The maximum Gasteiger partial charge on any atom is 0.261 e. The fourth-order valence-electron chi connectivity index (χ4n) is 4.10. The van der Waals surface area contributed by atoms with E-state index in [4.69, 9.17) is 4.74 Å². The van der Waals surface area contributed by atoms with E-state index in [0.717, 1.165) is 39.1 Å². The van der Waals surface area contributed by atoms with Crippen molar-refractivity contribution in [3.63, 3.8) is 0 Å². The number of fused-ring (bicyclic) bond motifs is 3. The normalized spacial score (nSPS) is 15.8. The van der Waals surface area contributed by atoms with Crippen molar-refractivity contribution in [2.45, 2.75) is 31.3 Å². The maximum absolute atomic E-state index is 13.0. The molecule has 4 nitrogen and oxygen atoms in total. The topological polar surface area (TPSA) is 55.4 Å². The van der Waals surface area contributed by atoms with Gasteiger partial charge in [0, 0.05) is 11.1 Å². The summed E-state index contributed by atoms with van der Waals surface area (Å²) in [6.45, 7) is 5.98. The first-order chi connectivity index (χ1) is 13.8. The number of hydrogen-bond acceptors (Lipinski definition) is 3. The molecule has 3 aromatic rings. The predicted molar refractivity (Wildman–Crippen MR) is 116 cm³/mol. The van der Waals surface area contributed by atoms with Crippen molar-refractivity contribution in [3.8, 4) is 16.9 Å². The Morgan fingerprint density at radius 2 is 1.55 bits per heavy atom. The zero-order valence-electron chi connectivity index (χ0n) is 16.5. The number of rotatable bonds is 3. The van der Waals surface area contributed by atoms with Crippen molar-refractivity contribution in [1.29, 1.82) is 0 Å². The highest BCUT2D eigenvalue weighted by Crippen LogP contribution is 2.54. The van der Waals surface area contributed by atoms with Crippen LogP contribution in [0.3, 0.4) is 0 Å². The standard InChI is InChI=1S/C24H21NO3S/c1-15-8-10-16(11-9-15)29(26,27)25-20-12-13-21-23-19(14-24(2,3)28-21)17-6-4-5-7-18(17)22(20)23/h4-14,25H,1-3H3. The van der Waals surface area contributed by atoms with Crippen LogP contribution in [0.5, 0.6) is 5.75 Å². The van der Waals surface area contributed by atoms with E-state index in [0.29, 0.717) is 5.69 Å². The van der Waals surface area contributed by atoms with Crippen LogP contribution in [-0.4, -0.2) is 14.0 Å². The molecule has 0 unspecified atom stereocenters. The smallest absolute Gasteiger partial charge is 0.261 e. The van der Waals surface area contributed by atoms with Gasteiger partial charge in [-0.1, -0.05) is 42.0 Å². The molecule has 0 saturated carbocycles. The summed E-state index contributed by atoms with van der Waals surface area (Å²) in [6, 6.07) is 18.6. The van der Waals surface area contributed by atoms with Crippen molar-refractivity contribution in [2.24, 2.45) is 0 Å². The van der Waals surface area contributed by atoms with E-state index in [9.17, 15) is 8.42 Å². The van der Waals surface area contributed by atoms with Gasteiger partial charge in [-0.25, -0.2) is 8.42 Å². The second-order valence-electron chi connectivity index (χ2n) is 8.09. The summed E-state index contributed by atoms with van der Waals surface area (Å²) in [4.78, 5) is 0.243. The predicted octanol–water partition coefficient (Wildman–Crippen LogP) is 5.38. The van der Waals surface area contributed by atoms with Gasteiger partial charge in [-0.15, -0.1) is 0 Å². The zero-order valence-corrected chi connectivity index (χ0v) is 17.3. The van der Waals surface area contributed by atoms with Crippen molar-refractivity contribution < 1.29 is 13.2 Å². The van der Waals surface area contributed by atoms with Gasteiger partial charge < -0.3 is 4.74 Å². The van der Waals surface area contributed by atoms with E-state index in [1.54, 1.807) is 30.3 Å². The average Bonchev–Trinajstić information content (AvgIpc) is 2.99. The number of nitrogens with one attached hydrogen (secondary N) is 1. The Morgan fingerprint density at radius 3 is 2.28 bits per heavy atom. The molecule has 0 bridgehead atoms. The molecule has 5 rings (SSSR count). The molecule has 1 aliphatic carbocycles. The molecule has 0 aromatic heterocycles. The van der Waals surface area contributed by atoms with E-state index in [-0.39, 0.29) is 4.90 Å². The van der Waals surface area contributed by atoms with Crippen LogP contribution in [0.4, 0.5) is 5.69 Å². The lowest BCUT2D eigenvalue weighted by molar-refractivity contribution is 0.158. The average molecular weight is 404 g/mol. The van der Waals surface area contributed by atoms with E-state index >= 15 is 0 Å². The van der Waals surface area contributed by atoms with Crippen molar-refractivity contribution in [3.05, 3.63) is 83.4 Å². The highest BCUT2D eigenvalue weighted by atomic mass is 32.2. The van der Waals surface area contributed by atoms with Gasteiger partial charge in [0.25, 0.3) is 10.0 Å². The highest BCUT2D eigenvalue weighted by molar-refractivity contribution is 7.92. The molecule has 0 radical (unpaired) electrons. The van der Waals surface area contributed by atoms with Gasteiger partial charge in [-0.05, 0) is 67.8 Å². The van der Waals surface area contributed by atoms with E-state index in [2.05, 4.69) is 16.9 Å². The molecule has 0 fully saturated rings. The first kappa shape index (κ1) is 18.0. The number of sulfonamides is 1. The van der Waals surface area contributed by atoms with Gasteiger partial charge in [-0.3, -0.25) is 4.72 Å². The Bertz CT molecular complexity index is 1290. The Labute approximate surface area is 170 Å². The monoisotopic (exact) mass is 403 g/mol. The second-order valence-corrected chi connectivity index (χ2v) is 9.77. The molecule has 0 atom stereocenters. The first-order valence-corrected chi connectivity index (χ1v) is 11.0. The van der Waals surface area contributed by atoms with E-state index < -0.39 is 15.6 Å². The van der Waals surface area contributed by atoms with Crippen molar-refractivity contribution in [1.82, 2.24) is 0 Å². The van der Waals surface area contributed by atoms with E-state index in [1.807, 2.05) is 45.0 Å². The molecule has 0 saturated heterocycles. The summed E-state index contributed by atoms with van der Waals surface area (Å²) in [5, 5.41) is 0. The zero-order chi connectivity index (χ0) is 20.4. The summed E-state index contributed by atoms with van der Waals surface area (Å²) >= 11 is 0. The summed E-state index contributed by atoms with van der Waals surface area (Å²) in [6.07, 6.45) is 2.11. The van der Waals surface area contributed by atoms with Gasteiger partial charge in [0.2, 0.25) is 0 Å². The number of ether oxygens (including phenoxy) is 1. The van der Waals surface area contributed by atoms with Crippen molar-refractivity contribution >= 4 is 21.3 Å². The number of benzene rings is 3. The lowest BCUT2D eigenvalue weighted by Gasteiger charge is -2.30. The Balaban J connectivity index is 1.69. The molecular weight excluding hydrogens is 382 g/mol. The van der Waals surface area contributed by atoms with Crippen LogP contribution in [0, 0.1) is 6.92 Å². The SMILES string of the molecule is Cc1ccc(S(=O)(=O)Nc2ccc3c4c2-c2ccccc2C4=CC(C)(C)O3)cc1. The first-order valence-electron chi connectivity index (χ1n) is 9.54. The van der Waals surface area contributed by atoms with Crippen LogP contribution in [-0.2, 0) is 10.0 Å². The summed E-state index contributed by atoms with van der Waals surface area (Å²) in [5.41, 5.74) is 6.17. The number of hydrogen-bond donors (Lipinski definition) is 1. The molecule has 5 heteroatoms. The lowest BCUT2D eigenvalue weighted by Crippen LogP contribution is -2.28. The Kier molecular flexibility index (Phi) is 3.71. The van der Waals surface area contributed by atoms with Crippen LogP contribution >= 0.6 is 0 Å². The summed E-state index contributed by atoms with van der Waals surface area (Å²) in [7, 11) is -3.71. The quantitative estimate of drug-likeness (QED) is 0.500. The largest absolute Gasteiger partial charge is 0.483 e. The van der Waals surface area contributed by atoms with Crippen LogP contribution in [0.15, 0.2) is 71.6 Å². The molecule has 1 N–H and O–H groups in total. The molecule has 146 valence electrons. The minimum Gasteiger partial charge on any atom is -0.483 e. The van der Waals surface area contributed by atoms with Crippen LogP contribution in [0.1, 0.15) is 30.5 Å². The molecule has 3 aromatic carbocycles. The van der Waals surface area contributed by atoms with Gasteiger partial charge >= 0.3 is 0 Å². The molecular formula is C24H21NO3S. The summed E-state index contributed by atoms with van der Waals surface area (Å²) in [5.74, 6) is 0.775. The van der Waals surface area contributed by atoms with Crippen LogP contribution in [0.25, 0.3) is 16.7 Å². The molecule has 1 heterocycles. The van der Waals surface area contributed by atoms with Gasteiger partial charge in [0.15, 0.2) is 0 Å². The third kappa shape index (κ3) is 2.85. The lowest BCUT2D eigenvalue weighted by atomic mass is 9.93. The number of anilines is 1. The minimum absolute atomic E-state index is 0.243. The van der Waals surface area contributed by atoms with Gasteiger partial charge in [-0.2, -0.15) is 0 Å². The number of aryl methyl sites for hydroxylation is 1. The summed E-state index contributed by atoms with van der Waals surface area (Å²) < 4.78 is 35.0. The van der Waals surface area contributed by atoms with Crippen LogP contribution in [0.2, 0.25) is 0 Å². The third-order valence-corrected chi connectivity index (χ3v) is 6.74. The van der Waals surface area contributed by atoms with Crippen LogP contribution < -0.4 is 9.46 Å². The third-order valence-electron chi connectivity index (χ3n) is 5.36. The van der Waals surface area contributed by atoms with Crippen molar-refractivity contribution in [2.75, 3.05) is 4.72 Å². The Morgan fingerprint density at radius 1 is 0.862 bits per heavy atom. The molecule has 29 heavy (non-hydrogen) atoms. The van der Waals surface area contributed by atoms with E-state index in [1.165, 1.54) is 0 Å². The highest BCUT2D eigenvalue weighted by Gasteiger charge is 2.36.